The van der Waals surface area contributed by atoms with Gasteiger partial charge in [0.2, 0.25) is 53.4 Å². The normalized spacial score (nSPS) is 26.7. The van der Waals surface area contributed by atoms with E-state index in [0.717, 1.165) is 66.7 Å². The number of carbonyl (C=O) groups excluding carboxylic acids is 8. The minimum absolute atomic E-state index is 0.0494. The van der Waals surface area contributed by atoms with E-state index in [1.807, 2.05) is 13.8 Å². The first-order valence-corrected chi connectivity index (χ1v) is 38.5. The number of hydrogen-bond acceptors (Lipinski definition) is 27. The number of aliphatic hydroxyl groups excluding tert-OH is 6. The summed E-state index contributed by atoms with van der Waals surface area (Å²) in [7, 11) is 1.47. The molecule has 0 spiro atoms. The SMILES string of the molecule is CN[C@@H](CC(C)C)C(=O)N[C@H]1C(=O)N[C@@H](CC(N)=O)C(=O)NC2C(=O)N[C@@H]3C(=O)N[C@@H](C(=O)N[C@@H](C(=O)O)c4cc(O)cc(O)c4-c4cc3ccc4O)[C@H](O)c3ccc(c(Cl)c3)Oc3cc2cc(c3OC2O[C@@H](CO)[C@@H](O)[C@@H](O)[C@H]2O[C@H]2CC(C)(NCc3cncc(C(=O)Nc4cc(Cl)cc(Cl)c4)c3)[C@@H](O)[C@@H](C)O2)Oc2ccc(cc2Cl)[C@H]1O. The van der Waals surface area contributed by atoms with Crippen molar-refractivity contribution in [1.82, 2.24) is 47.5 Å². The van der Waals surface area contributed by atoms with Gasteiger partial charge in [0.05, 0.1) is 46.9 Å². The zero-order chi connectivity index (χ0) is 86.1. The molecule has 36 nitrogen and oxygen atoms in total. The van der Waals surface area contributed by atoms with Crippen molar-refractivity contribution in [1.29, 1.82) is 0 Å². The molecule has 2 fully saturated rings. The molecule has 11 bridgehead atoms. The highest BCUT2D eigenvalue weighted by Gasteiger charge is 2.52. The second kappa shape index (κ2) is 36.4. The Morgan fingerprint density at radius 2 is 1.32 bits per heavy atom. The number of ether oxygens (including phenoxy) is 6. The number of fused-ring (bicyclic) bond motifs is 15. The number of nitrogens with zero attached hydrogens (tertiary/aromatic N) is 1. The van der Waals surface area contributed by atoms with Crippen LogP contribution >= 0.6 is 46.4 Å². The van der Waals surface area contributed by atoms with Crippen LogP contribution in [0.1, 0.15) is 121 Å². The third kappa shape index (κ3) is 19.4. The summed E-state index contributed by atoms with van der Waals surface area (Å²) >= 11 is 26.7. The van der Waals surface area contributed by atoms with E-state index in [-0.39, 0.29) is 63.4 Å². The highest BCUT2D eigenvalue weighted by Crippen LogP contribution is 2.50. The number of benzene rings is 6. The van der Waals surface area contributed by atoms with Gasteiger partial charge in [0.25, 0.3) is 5.91 Å². The molecule has 1 aromatic heterocycles. The van der Waals surface area contributed by atoms with E-state index in [2.05, 4.69) is 52.8 Å². The molecule has 8 amide bonds. The monoisotopic (exact) mass is 1730 g/mol. The number of likely N-dealkylation sites (N-methyl/N-ethyl adjacent to an activating group) is 1. The van der Waals surface area contributed by atoms with Crippen LogP contribution in [0.25, 0.3) is 11.1 Å². The van der Waals surface area contributed by atoms with Crippen molar-refractivity contribution in [2.24, 2.45) is 11.7 Å². The highest BCUT2D eigenvalue weighted by molar-refractivity contribution is 6.35. The Labute approximate surface area is 696 Å². The Hall–Kier alpha value is -10.8. The molecule has 0 radical (unpaired) electrons. The predicted molar refractivity (Wildman–Crippen MR) is 421 cm³/mol. The van der Waals surface area contributed by atoms with Crippen LogP contribution in [-0.4, -0.2) is 202 Å². The molecule has 21 N–H and O–H groups in total. The van der Waals surface area contributed by atoms with Gasteiger partial charge >= 0.3 is 5.97 Å². The predicted octanol–water partition coefficient (Wildman–Crippen LogP) is 3.89. The summed E-state index contributed by atoms with van der Waals surface area (Å²) in [6.07, 6.45) is -16.6. The number of halogens is 4. The number of rotatable bonds is 18. The summed E-state index contributed by atoms with van der Waals surface area (Å²) in [4.78, 5) is 136. The number of hydrogen-bond donors (Lipinski definition) is 20. The largest absolute Gasteiger partial charge is 0.508 e. The van der Waals surface area contributed by atoms with Gasteiger partial charge in [0.15, 0.2) is 29.9 Å². The Bertz CT molecular complexity index is 5110. The number of nitrogens with two attached hydrogens (primary N) is 1. The van der Waals surface area contributed by atoms with Gasteiger partial charge in [-0.2, -0.15) is 0 Å². The quantitative estimate of drug-likeness (QED) is 0.0579. The summed E-state index contributed by atoms with van der Waals surface area (Å²) in [5.74, 6) is -16.9. The fourth-order valence-electron chi connectivity index (χ4n) is 14.5. The zero-order valence-corrected chi connectivity index (χ0v) is 66.6. The Morgan fingerprint density at radius 1 is 0.689 bits per heavy atom. The van der Waals surface area contributed by atoms with E-state index in [0.29, 0.717) is 11.3 Å². The molecule has 7 aliphatic rings. The molecule has 14 rings (SSSR count). The summed E-state index contributed by atoms with van der Waals surface area (Å²) in [5, 5.41) is 140. The number of aromatic nitrogens is 1. The average Bonchev–Trinajstić information content (AvgIpc) is 0.766. The van der Waals surface area contributed by atoms with E-state index in [4.69, 9.17) is 80.6 Å². The summed E-state index contributed by atoms with van der Waals surface area (Å²) < 4.78 is 39.4. The lowest BCUT2D eigenvalue weighted by molar-refractivity contribution is -0.334. The van der Waals surface area contributed by atoms with Crippen molar-refractivity contribution < 1.29 is 123 Å². The number of carboxylic acids is 1. The first-order valence-electron chi connectivity index (χ1n) is 37.0. The molecule has 0 saturated carbocycles. The number of amides is 8. The maximum Gasteiger partial charge on any atom is 0.330 e. The lowest BCUT2D eigenvalue weighted by atomic mass is 9.84. The number of aliphatic carboxylic acids is 1. The fourth-order valence-corrected chi connectivity index (χ4v) is 15.5. The second-order valence-corrected chi connectivity index (χ2v) is 31.4. The number of phenolic OH excluding ortho intramolecular Hbond substituents is 3. The molecule has 632 valence electrons. The molecule has 0 aliphatic carbocycles. The van der Waals surface area contributed by atoms with Crippen molar-refractivity contribution in [2.45, 2.75) is 163 Å². The molecule has 119 heavy (non-hydrogen) atoms. The average molecular weight is 1730 g/mol. The van der Waals surface area contributed by atoms with Gasteiger partial charge in [-0.1, -0.05) is 78.5 Å². The number of carboxylic acid groups (broad SMARTS) is 1. The summed E-state index contributed by atoms with van der Waals surface area (Å²) in [6.45, 7) is 5.69. The number of primary amides is 1. The van der Waals surface area contributed by atoms with Crippen LogP contribution in [0.4, 0.5) is 5.69 Å². The fraction of sp³-hybridized carbons (Fsp3) is 0.367. The maximum absolute atomic E-state index is 16.2. The van der Waals surface area contributed by atoms with Crippen molar-refractivity contribution in [3.63, 3.8) is 0 Å². The van der Waals surface area contributed by atoms with Crippen LogP contribution in [0, 0.1) is 5.92 Å². The van der Waals surface area contributed by atoms with Crippen molar-refractivity contribution in [3.8, 4) is 57.1 Å². The van der Waals surface area contributed by atoms with Gasteiger partial charge in [-0.15, -0.1) is 0 Å². The number of anilines is 1. The molecule has 18 atom stereocenters. The van der Waals surface area contributed by atoms with Crippen LogP contribution in [0.2, 0.25) is 20.1 Å². The Balaban J connectivity index is 1.02. The van der Waals surface area contributed by atoms with E-state index in [1.165, 1.54) is 56.7 Å². The first kappa shape index (κ1) is 87.5. The number of nitrogens with one attached hydrogen (secondary N) is 9. The molecule has 6 aromatic carbocycles. The standard InChI is InChI=1S/C79H83Cl4N11O25/c1-30(2)12-46(85-5)71(106)93-61-63(100)34-7-10-50(44(82)15-34)115-52-17-36-18-53(67(52)119-78-68(66(103)65(102)54(29-95)117-78)118-56-25-79(4,69(104)31(3)114-56)87-27-32-13-37(28-86-26-32)70(105)88-40-20-38(80)19-39(81)21-40)116-51-11-8-35(16-45(51)83)64(101)62-76(111)92-60(77(112)113)43-22-41(96)23-49(98)57(43)42-14-33(6-9-48(42)97)58(73(108)94-62)91-74(109)59(36)90-72(107)47(24-55(84)99)89-75(61)110/h6-11,13-23,26,28,30-31,46-47,54,56,58-66,68-69,78,85,87,95-98,100-104H,12,24-25,27,29H2,1-5H3,(H2,84,99)(H,88,105)(H,89,110)(H,90,107)(H,91,109)(H,92,111)(H,93,106)(H,94,108)(H,112,113)/t31-,46+,47+,54+,56+,58+,59?,60-,61-,62-,63-,64-,65-,66-,68-,69+,78?,79?/m1/s1. The van der Waals surface area contributed by atoms with Gasteiger partial charge in [-0.05, 0) is 140 Å². The van der Waals surface area contributed by atoms with Crippen LogP contribution in [0.15, 0.2) is 116 Å². The highest BCUT2D eigenvalue weighted by atomic mass is 35.5. The molecule has 8 heterocycles. The van der Waals surface area contributed by atoms with Gasteiger partial charge in [0, 0.05) is 69.4 Å². The van der Waals surface area contributed by atoms with Crippen molar-refractivity contribution in [3.05, 3.63) is 175 Å². The van der Waals surface area contributed by atoms with Crippen LogP contribution in [-0.2, 0) is 59.1 Å². The van der Waals surface area contributed by atoms with Gasteiger partial charge in [0.1, 0.15) is 89.5 Å². The number of carbonyl (C=O) groups is 9. The third-order valence-corrected chi connectivity index (χ3v) is 21.6. The Morgan fingerprint density at radius 3 is 1.94 bits per heavy atom. The van der Waals surface area contributed by atoms with E-state index in [1.54, 1.807) is 13.0 Å². The zero-order valence-electron chi connectivity index (χ0n) is 63.5. The Kier molecular flexibility index (Phi) is 26.8. The number of aromatic hydroxyl groups is 3. The minimum Gasteiger partial charge on any atom is -0.508 e. The number of phenols is 3. The lowest BCUT2D eigenvalue weighted by Gasteiger charge is -2.48. The second-order valence-electron chi connectivity index (χ2n) is 29.7. The molecule has 7 aliphatic heterocycles. The van der Waals surface area contributed by atoms with E-state index in [9.17, 15) is 79.8 Å². The summed E-state index contributed by atoms with van der Waals surface area (Å²) in [5.41, 5.74) is 2.29. The van der Waals surface area contributed by atoms with E-state index < -0.39 is 248 Å². The first-order chi connectivity index (χ1) is 56.4. The number of pyridine rings is 1. The van der Waals surface area contributed by atoms with Gasteiger partial charge in [-0.3, -0.25) is 43.3 Å². The minimum atomic E-state index is -2.39. The van der Waals surface area contributed by atoms with Crippen LogP contribution in [0.3, 0.4) is 0 Å². The van der Waals surface area contributed by atoms with E-state index >= 15 is 14.4 Å². The van der Waals surface area contributed by atoms with Crippen molar-refractivity contribution in [2.75, 3.05) is 19.0 Å². The van der Waals surface area contributed by atoms with Crippen LogP contribution < -0.4 is 67.8 Å². The maximum atomic E-state index is 16.2. The molecule has 7 aromatic rings. The van der Waals surface area contributed by atoms with Gasteiger partial charge in [-0.25, -0.2) is 4.79 Å². The number of aliphatic hydroxyl groups is 6. The molecular formula is C79H83Cl4N11O25. The molecular weight excluding hydrogens is 1640 g/mol. The molecule has 2 saturated heterocycles. The van der Waals surface area contributed by atoms with Crippen LogP contribution in [0.5, 0.6) is 46.0 Å². The van der Waals surface area contributed by atoms with Crippen molar-refractivity contribution >= 4 is 105 Å². The molecule has 40 heteroatoms. The molecule has 3 unspecified atom stereocenters. The lowest BCUT2D eigenvalue weighted by Crippen LogP contribution is -2.65. The smallest absolute Gasteiger partial charge is 0.330 e. The summed E-state index contributed by atoms with van der Waals surface area (Å²) in [6, 6.07) is 5.00. The van der Waals surface area contributed by atoms with Gasteiger partial charge < -0.3 is 133 Å². The third-order valence-electron chi connectivity index (χ3n) is 20.6. The topological polar surface area (TPSA) is 558 Å².